The van der Waals surface area contributed by atoms with E-state index in [9.17, 15) is 4.79 Å². The number of carbonyl (C=O) groups is 1. The van der Waals surface area contributed by atoms with E-state index in [4.69, 9.17) is 16.3 Å². The zero-order chi connectivity index (χ0) is 14.7. The van der Waals surface area contributed by atoms with Crippen LogP contribution < -0.4 is 0 Å². The molecular weight excluding hydrogens is 286 g/mol. The molecule has 1 saturated carbocycles. The molecule has 3 nitrogen and oxygen atoms in total. The monoisotopic (exact) mass is 301 g/mol. The maximum absolute atomic E-state index is 12.5. The molecule has 0 spiro atoms. The van der Waals surface area contributed by atoms with E-state index in [0.29, 0.717) is 5.15 Å². The van der Waals surface area contributed by atoms with Crippen LogP contribution in [0.1, 0.15) is 30.4 Å². The van der Waals surface area contributed by atoms with Crippen LogP contribution in [-0.4, -0.2) is 11.0 Å². The van der Waals surface area contributed by atoms with Crippen LogP contribution in [0.5, 0.6) is 0 Å². The predicted molar refractivity (Wildman–Crippen MR) is 81.0 cm³/mol. The molecule has 0 unspecified atom stereocenters. The van der Waals surface area contributed by atoms with E-state index < -0.39 is 5.41 Å². The maximum atomic E-state index is 12.5. The van der Waals surface area contributed by atoms with Crippen molar-refractivity contribution in [1.82, 2.24) is 4.98 Å². The molecular formula is C17H16ClNO2. The Morgan fingerprint density at radius 1 is 1.19 bits per heavy atom. The second-order valence-electron chi connectivity index (χ2n) is 5.37. The van der Waals surface area contributed by atoms with Gasteiger partial charge in [0, 0.05) is 11.8 Å². The second-order valence-corrected chi connectivity index (χ2v) is 5.75. The van der Waals surface area contributed by atoms with Crippen molar-refractivity contribution in [3.63, 3.8) is 0 Å². The zero-order valence-corrected chi connectivity index (χ0v) is 12.3. The van der Waals surface area contributed by atoms with Gasteiger partial charge in [-0.3, -0.25) is 4.79 Å². The summed E-state index contributed by atoms with van der Waals surface area (Å²) in [5.41, 5.74) is 1.44. The molecule has 1 aromatic carbocycles. The molecule has 1 aliphatic rings. The molecule has 1 heterocycles. The Balaban J connectivity index is 1.70. The fourth-order valence-corrected chi connectivity index (χ4v) is 2.79. The number of nitrogens with zero attached hydrogens (tertiary/aromatic N) is 1. The van der Waals surface area contributed by atoms with Gasteiger partial charge >= 0.3 is 5.97 Å². The fraction of sp³-hybridized carbons (Fsp3) is 0.294. The van der Waals surface area contributed by atoms with Gasteiger partial charge in [0.25, 0.3) is 0 Å². The summed E-state index contributed by atoms with van der Waals surface area (Å²) in [6, 6.07) is 13.4. The molecule has 21 heavy (non-hydrogen) atoms. The average molecular weight is 302 g/mol. The molecule has 0 N–H and O–H groups in total. The van der Waals surface area contributed by atoms with Crippen LogP contribution in [0, 0.1) is 0 Å². The number of esters is 1. The largest absolute Gasteiger partial charge is 0.460 e. The number of benzene rings is 1. The van der Waals surface area contributed by atoms with Crippen molar-refractivity contribution in [3.05, 3.63) is 64.9 Å². The van der Waals surface area contributed by atoms with Crippen LogP contribution in [0.3, 0.4) is 0 Å². The van der Waals surface area contributed by atoms with E-state index >= 15 is 0 Å². The fourth-order valence-electron chi connectivity index (χ4n) is 2.68. The number of hydrogen-bond acceptors (Lipinski definition) is 3. The second kappa shape index (κ2) is 5.86. The molecule has 0 atom stereocenters. The van der Waals surface area contributed by atoms with E-state index in [1.165, 1.54) is 0 Å². The van der Waals surface area contributed by atoms with Crippen LogP contribution in [0.15, 0.2) is 48.7 Å². The van der Waals surface area contributed by atoms with Gasteiger partial charge in [0.1, 0.15) is 11.8 Å². The molecule has 0 bridgehead atoms. The number of halogens is 1. The topological polar surface area (TPSA) is 39.2 Å². The molecule has 0 radical (unpaired) electrons. The Labute approximate surface area is 128 Å². The van der Waals surface area contributed by atoms with Gasteiger partial charge in [0.15, 0.2) is 0 Å². The summed E-state index contributed by atoms with van der Waals surface area (Å²) < 4.78 is 5.51. The number of aromatic nitrogens is 1. The summed E-state index contributed by atoms with van der Waals surface area (Å²) in [7, 11) is 0. The van der Waals surface area contributed by atoms with Gasteiger partial charge in [-0.05, 0) is 24.5 Å². The first-order valence-corrected chi connectivity index (χ1v) is 7.42. The minimum Gasteiger partial charge on any atom is -0.460 e. The predicted octanol–water partition coefficient (Wildman–Crippen LogP) is 3.90. The Hall–Kier alpha value is -1.87. The van der Waals surface area contributed by atoms with Gasteiger partial charge in [-0.1, -0.05) is 54.4 Å². The molecule has 2 aromatic rings. The van der Waals surface area contributed by atoms with Gasteiger partial charge < -0.3 is 4.74 Å². The maximum Gasteiger partial charge on any atom is 0.316 e. The summed E-state index contributed by atoms with van der Waals surface area (Å²) in [4.78, 5) is 16.5. The van der Waals surface area contributed by atoms with Crippen LogP contribution in [0.2, 0.25) is 5.15 Å². The summed E-state index contributed by atoms with van der Waals surface area (Å²) in [5, 5.41) is 0.435. The highest BCUT2D eigenvalue weighted by atomic mass is 35.5. The van der Waals surface area contributed by atoms with Gasteiger partial charge in [-0.2, -0.15) is 0 Å². The highest BCUT2D eigenvalue weighted by molar-refractivity contribution is 6.29. The number of pyridine rings is 1. The highest BCUT2D eigenvalue weighted by Gasteiger charge is 2.46. The van der Waals surface area contributed by atoms with E-state index in [1.54, 1.807) is 12.3 Å². The molecule has 3 rings (SSSR count). The summed E-state index contributed by atoms with van der Waals surface area (Å²) in [5.74, 6) is -0.144. The SMILES string of the molecule is O=C(OCc1ccc(Cl)nc1)C1(c2ccccc2)CCC1. The average Bonchev–Trinajstić information content (AvgIpc) is 2.47. The normalized spacial score (nSPS) is 16.0. The Kier molecular flexibility index (Phi) is 3.93. The first-order valence-electron chi connectivity index (χ1n) is 7.04. The summed E-state index contributed by atoms with van der Waals surface area (Å²) in [6.07, 6.45) is 4.40. The van der Waals surface area contributed by atoms with E-state index in [-0.39, 0.29) is 12.6 Å². The molecule has 1 fully saturated rings. The van der Waals surface area contributed by atoms with Crippen LogP contribution in [0.25, 0.3) is 0 Å². The summed E-state index contributed by atoms with van der Waals surface area (Å²) in [6.45, 7) is 0.234. The highest BCUT2D eigenvalue weighted by Crippen LogP contribution is 2.44. The number of hydrogen-bond donors (Lipinski definition) is 0. The van der Waals surface area contributed by atoms with E-state index in [1.807, 2.05) is 36.4 Å². The standard InChI is InChI=1S/C17H16ClNO2/c18-15-8-7-13(11-19-15)12-21-16(20)17(9-4-10-17)14-5-2-1-3-6-14/h1-3,5-8,11H,4,9-10,12H2. The third kappa shape index (κ3) is 2.79. The van der Waals surface area contributed by atoms with Crippen LogP contribution >= 0.6 is 11.6 Å². The Morgan fingerprint density at radius 2 is 1.95 bits per heavy atom. The van der Waals surface area contributed by atoms with Crippen molar-refractivity contribution in [2.24, 2.45) is 0 Å². The lowest BCUT2D eigenvalue weighted by Gasteiger charge is -2.39. The van der Waals surface area contributed by atoms with Crippen molar-refractivity contribution in [1.29, 1.82) is 0 Å². The van der Waals surface area contributed by atoms with E-state index in [0.717, 1.165) is 30.4 Å². The molecule has 0 aliphatic heterocycles. The van der Waals surface area contributed by atoms with Gasteiger partial charge in [0.2, 0.25) is 0 Å². The first kappa shape index (κ1) is 14.1. The molecule has 1 aliphatic carbocycles. The quantitative estimate of drug-likeness (QED) is 0.635. The smallest absolute Gasteiger partial charge is 0.316 e. The van der Waals surface area contributed by atoms with Crippen LogP contribution in [-0.2, 0) is 21.6 Å². The van der Waals surface area contributed by atoms with Crippen molar-refractivity contribution in [2.75, 3.05) is 0 Å². The third-order valence-electron chi connectivity index (χ3n) is 4.08. The molecule has 4 heteroatoms. The van der Waals surface area contributed by atoms with Crippen molar-refractivity contribution < 1.29 is 9.53 Å². The number of carbonyl (C=O) groups excluding carboxylic acids is 1. The van der Waals surface area contributed by atoms with Crippen molar-refractivity contribution in [2.45, 2.75) is 31.3 Å². The van der Waals surface area contributed by atoms with Crippen molar-refractivity contribution >= 4 is 17.6 Å². The lowest BCUT2D eigenvalue weighted by molar-refractivity contribution is -0.155. The molecule has 0 amide bonds. The minimum absolute atomic E-state index is 0.144. The minimum atomic E-state index is -0.457. The van der Waals surface area contributed by atoms with Gasteiger partial charge in [0.05, 0.1) is 5.41 Å². The molecule has 108 valence electrons. The Bertz CT molecular complexity index is 621. The van der Waals surface area contributed by atoms with Gasteiger partial charge in [-0.15, -0.1) is 0 Å². The lowest BCUT2D eigenvalue weighted by Crippen LogP contribution is -2.43. The number of rotatable bonds is 4. The molecule has 0 saturated heterocycles. The number of ether oxygens (including phenoxy) is 1. The summed E-state index contributed by atoms with van der Waals surface area (Å²) >= 11 is 5.74. The zero-order valence-electron chi connectivity index (χ0n) is 11.6. The molecule has 1 aromatic heterocycles. The third-order valence-corrected chi connectivity index (χ3v) is 4.31. The van der Waals surface area contributed by atoms with Crippen LogP contribution in [0.4, 0.5) is 0 Å². The first-order chi connectivity index (χ1) is 10.2. The van der Waals surface area contributed by atoms with E-state index in [2.05, 4.69) is 4.98 Å². The lowest BCUT2D eigenvalue weighted by atomic mass is 9.64. The van der Waals surface area contributed by atoms with Crippen molar-refractivity contribution in [3.8, 4) is 0 Å². The Morgan fingerprint density at radius 3 is 2.52 bits per heavy atom. The van der Waals surface area contributed by atoms with Gasteiger partial charge in [-0.25, -0.2) is 4.98 Å².